The molecule has 0 aliphatic heterocycles. The van der Waals surface area contributed by atoms with Gasteiger partial charge in [0.25, 0.3) is 0 Å². The van der Waals surface area contributed by atoms with Crippen LogP contribution in [-0.2, 0) is 26.1 Å². The van der Waals surface area contributed by atoms with Crippen LogP contribution in [0.1, 0.15) is 11.1 Å². The Hall–Kier alpha value is -3.83. The lowest BCUT2D eigenvalue weighted by molar-refractivity contribution is -0.458. The van der Waals surface area contributed by atoms with Crippen molar-refractivity contribution in [3.63, 3.8) is 0 Å². The van der Waals surface area contributed by atoms with Gasteiger partial charge in [-0.15, -0.1) is 0 Å². The van der Waals surface area contributed by atoms with Gasteiger partial charge in [-0.1, -0.05) is 0 Å². The number of hydrogen-bond acceptors (Lipinski definition) is 3. The molecule has 0 unspecified atom stereocenters. The third-order valence-corrected chi connectivity index (χ3v) is 12.7. The molecule has 0 aliphatic carbocycles. The van der Waals surface area contributed by atoms with Crippen LogP contribution >= 0.6 is 10.3 Å². The normalized spacial score (nSPS) is 15.5. The maximum absolute atomic E-state index is 15.4. The molecule has 3 aromatic carbocycles. The number of benzene rings is 3. The Morgan fingerprint density at radius 2 is 0.741 bits per heavy atom. The monoisotopic (exact) mass is 934 g/mol. The summed E-state index contributed by atoms with van der Waals surface area (Å²) in [4.78, 5) is -5.11. The van der Waals surface area contributed by atoms with Crippen molar-refractivity contribution >= 4 is 20.4 Å². The second kappa shape index (κ2) is 14.1. The van der Waals surface area contributed by atoms with E-state index in [2.05, 4.69) is 3.63 Å². The molecule has 328 valence electrons. The molecule has 0 aromatic heterocycles. The molecule has 3 rings (SSSR count). The predicted molar refractivity (Wildman–Crippen MR) is 142 cm³/mol. The molecule has 0 heterocycles. The van der Waals surface area contributed by atoms with Crippen molar-refractivity contribution in [3.05, 3.63) is 89.5 Å². The number of alkyl halides is 23. The maximum atomic E-state index is 15.4. The molecule has 0 spiro atoms. The van der Waals surface area contributed by atoms with Gasteiger partial charge in [-0.3, -0.25) is 0 Å². The summed E-state index contributed by atoms with van der Waals surface area (Å²) in [7, 11) is -14.6. The molecule has 0 fully saturated rings. The molecule has 0 aliphatic rings. The Bertz CT molecular complexity index is 2030. The van der Waals surface area contributed by atoms with E-state index >= 15 is 13.2 Å². The first-order chi connectivity index (χ1) is 25.5. The molecule has 0 bridgehead atoms. The average molecular weight is 934 g/mol. The van der Waals surface area contributed by atoms with Gasteiger partial charge in [0, 0.05) is 15.9 Å². The minimum absolute atomic E-state index is 0.0231. The lowest BCUT2D eigenvalue weighted by Crippen LogP contribution is -2.75. The Balaban J connectivity index is 2.46. The summed E-state index contributed by atoms with van der Waals surface area (Å²) in [5, 5.41) is -8.45. The Labute approximate surface area is 306 Å². The quantitative estimate of drug-likeness (QED) is 0.170. The van der Waals surface area contributed by atoms with E-state index in [9.17, 15) is 105 Å². The molecule has 0 amide bonds. The molecule has 0 N–H and O–H groups in total. The van der Waals surface area contributed by atoms with E-state index in [1.807, 2.05) is 0 Å². The summed E-state index contributed by atoms with van der Waals surface area (Å²) in [6, 6.07) is -1.84. The smallest absolute Gasteiger partial charge is 0.207 e. The largest absolute Gasteiger partial charge is 0.460 e. The van der Waals surface area contributed by atoms with Crippen LogP contribution in [0.4, 0.5) is 110 Å². The first-order valence-corrected chi connectivity index (χ1v) is 16.8. The van der Waals surface area contributed by atoms with Crippen LogP contribution in [0.25, 0.3) is 0 Å². The van der Waals surface area contributed by atoms with E-state index in [-0.39, 0.29) is 66.7 Å². The van der Waals surface area contributed by atoms with Crippen LogP contribution < -0.4 is 0 Å². The minimum Gasteiger partial charge on any atom is -0.207 e. The zero-order chi connectivity index (χ0) is 45.5. The first-order valence-electron chi connectivity index (χ1n) is 13.8. The molecule has 0 saturated heterocycles. The average Bonchev–Trinajstić information content (AvgIpc) is 3.05. The van der Waals surface area contributed by atoms with E-state index < -0.39 is 117 Å². The number of rotatable bonds is 12. The van der Waals surface area contributed by atoms with Gasteiger partial charge in [0.1, 0.15) is 11.6 Å². The third kappa shape index (κ3) is 7.26. The van der Waals surface area contributed by atoms with Gasteiger partial charge < -0.3 is 0 Å². The highest BCUT2D eigenvalue weighted by atomic mass is 32.3. The van der Waals surface area contributed by atoms with Gasteiger partial charge in [-0.05, 0) is 71.0 Å². The van der Waals surface area contributed by atoms with Crippen molar-refractivity contribution in [1.29, 1.82) is 0 Å². The lowest BCUT2D eigenvalue weighted by atomic mass is 9.91. The molecule has 0 atom stereocenters. The highest BCUT2D eigenvalue weighted by molar-refractivity contribution is 8.33. The van der Waals surface area contributed by atoms with Crippen molar-refractivity contribution in [3.8, 4) is 0 Å². The topological polar surface area (TPSA) is 43.4 Å². The summed E-state index contributed by atoms with van der Waals surface area (Å²) in [5.74, 6) is -58.4. The van der Waals surface area contributed by atoms with Gasteiger partial charge in [-0.2, -0.15) is 109 Å². The van der Waals surface area contributed by atoms with E-state index in [4.69, 9.17) is 0 Å². The highest BCUT2D eigenvalue weighted by Gasteiger charge is 2.96. The fourth-order valence-electron chi connectivity index (χ4n) is 4.37. The zero-order valence-corrected chi connectivity index (χ0v) is 28.0. The zero-order valence-electron chi connectivity index (χ0n) is 26.3. The molecule has 3 aromatic rings. The summed E-state index contributed by atoms with van der Waals surface area (Å²) in [5.41, 5.74) is -3.65. The van der Waals surface area contributed by atoms with Crippen LogP contribution in [0, 0.1) is 11.6 Å². The molecule has 30 heteroatoms. The van der Waals surface area contributed by atoms with Crippen molar-refractivity contribution in [2.45, 2.75) is 74.0 Å². The van der Waals surface area contributed by atoms with Crippen LogP contribution in [0.15, 0.2) is 81.4 Å². The Morgan fingerprint density at radius 3 is 1.05 bits per heavy atom. The second-order valence-corrected chi connectivity index (χ2v) is 15.6. The fraction of sp³-hybridized carbons (Fsp3) is 0.357. The molecule has 3 nitrogen and oxygen atoms in total. The molecular formula is C28H11F25O3S2. The van der Waals surface area contributed by atoms with Gasteiger partial charge >= 0.3 is 69.4 Å². The van der Waals surface area contributed by atoms with E-state index in [0.717, 1.165) is 0 Å². The van der Waals surface area contributed by atoms with Crippen molar-refractivity contribution in [2.75, 3.05) is 0 Å². The summed E-state index contributed by atoms with van der Waals surface area (Å²) in [6.07, 6.45) is -19.0. The van der Waals surface area contributed by atoms with Gasteiger partial charge in [0.2, 0.25) is 0 Å². The van der Waals surface area contributed by atoms with Crippen LogP contribution in [0.3, 0.4) is 0 Å². The van der Waals surface area contributed by atoms with E-state index in [0.29, 0.717) is 0 Å². The second-order valence-electron chi connectivity index (χ2n) is 11.2. The fourth-order valence-corrected chi connectivity index (χ4v) is 9.56. The lowest BCUT2D eigenvalue weighted by Gasteiger charge is -2.44. The van der Waals surface area contributed by atoms with Crippen LogP contribution in [0.2, 0.25) is 0 Å². The van der Waals surface area contributed by atoms with E-state index in [1.165, 1.54) is 0 Å². The Kier molecular flexibility index (Phi) is 11.8. The summed E-state index contributed by atoms with van der Waals surface area (Å²) in [6.45, 7) is 0. The standard InChI is InChI=1S/C28H11F25O3S2/c29-14-5-10-18(17(30)11-14)57(15-6-1-12(2-7-15)19(31,32)33,16-8-3-13(4-9-16)20(34,35)36)56-58(54,55)28(52,53)26(47,48)24(43,44)22(39,40)21(37,38)23(41,42)25(45,46)27(49,50)51/h1-11H. The Morgan fingerprint density at radius 1 is 0.414 bits per heavy atom. The maximum Gasteiger partial charge on any atom is 0.460 e. The van der Waals surface area contributed by atoms with Crippen molar-refractivity contribution < 1.29 is 122 Å². The van der Waals surface area contributed by atoms with Crippen molar-refractivity contribution in [2.24, 2.45) is 0 Å². The van der Waals surface area contributed by atoms with Gasteiger partial charge in [0.15, 0.2) is 0 Å². The number of halogens is 25. The number of hydrogen-bond donors (Lipinski definition) is 0. The van der Waals surface area contributed by atoms with Crippen LogP contribution in [-0.4, -0.2) is 55.4 Å². The predicted octanol–water partition coefficient (Wildman–Crippen LogP) is 12.5. The molecule has 0 radical (unpaired) electrons. The van der Waals surface area contributed by atoms with Crippen LogP contribution in [0.5, 0.6) is 0 Å². The SMILES string of the molecule is O=S(=O)(OS(c1ccc(C(F)(F)F)cc1)(c1ccc(C(F)(F)F)cc1)c1ccc(F)cc1F)C(F)(F)C(F)(F)C(F)(F)C(F)(F)C(F)(F)C(F)(F)C(F)(F)C(F)(F)F. The van der Waals surface area contributed by atoms with Crippen molar-refractivity contribution in [1.82, 2.24) is 0 Å². The minimum atomic E-state index is -9.30. The molecular weight excluding hydrogens is 923 g/mol. The first kappa shape index (κ1) is 48.5. The van der Waals surface area contributed by atoms with Gasteiger partial charge in [-0.25, -0.2) is 12.4 Å². The highest BCUT2D eigenvalue weighted by Crippen LogP contribution is 2.73. The molecule has 58 heavy (non-hydrogen) atoms. The molecule has 0 saturated carbocycles. The third-order valence-electron chi connectivity index (χ3n) is 7.43. The summed E-state index contributed by atoms with van der Waals surface area (Å²) >= 11 is 0. The summed E-state index contributed by atoms with van der Waals surface area (Å²) < 4.78 is 377. The van der Waals surface area contributed by atoms with E-state index in [1.54, 1.807) is 0 Å². The van der Waals surface area contributed by atoms with Gasteiger partial charge in [0.05, 0.1) is 16.0 Å².